The predicted molar refractivity (Wildman–Crippen MR) is 184 cm³/mol. The molecule has 2 N–H and O–H groups in total. The first-order valence-corrected chi connectivity index (χ1v) is 16.4. The second-order valence-electron chi connectivity index (χ2n) is 12.2. The van der Waals surface area contributed by atoms with E-state index < -0.39 is 17.7 Å². The summed E-state index contributed by atoms with van der Waals surface area (Å²) in [5.74, 6) is 0.0154. The molecule has 46 heavy (non-hydrogen) atoms. The van der Waals surface area contributed by atoms with Crippen molar-refractivity contribution in [1.29, 1.82) is 0 Å². The number of nitrogens with zero attached hydrogens (tertiary/aromatic N) is 2. The minimum absolute atomic E-state index is 0. The molecule has 0 bridgehead atoms. The number of piperazine rings is 1. The van der Waals surface area contributed by atoms with Crippen LogP contribution in [0.3, 0.4) is 0 Å². The summed E-state index contributed by atoms with van der Waals surface area (Å²) in [6.07, 6.45) is 4.60. The third-order valence-corrected chi connectivity index (χ3v) is 9.12. The SMILES string of the molecule is CCCN1C(=O)[C@H](CCCCNC(=O)OCc2ccc(-c3ccccc3)cc2)NC(=O)C12CCN(CCc1ccccc1)CC2.Cl. The molecule has 0 saturated carbocycles. The van der Waals surface area contributed by atoms with Gasteiger partial charge in [-0.1, -0.05) is 91.9 Å². The molecule has 2 heterocycles. The highest BCUT2D eigenvalue weighted by atomic mass is 35.5. The smallest absolute Gasteiger partial charge is 0.407 e. The van der Waals surface area contributed by atoms with E-state index in [0.717, 1.165) is 49.2 Å². The number of likely N-dealkylation sites (tertiary alicyclic amines) is 1. The van der Waals surface area contributed by atoms with Gasteiger partial charge in [0, 0.05) is 32.7 Å². The van der Waals surface area contributed by atoms with Crippen molar-refractivity contribution < 1.29 is 19.1 Å². The Labute approximate surface area is 279 Å². The molecule has 3 aromatic carbocycles. The summed E-state index contributed by atoms with van der Waals surface area (Å²) in [4.78, 5) is 43.7. The molecule has 0 radical (unpaired) electrons. The van der Waals surface area contributed by atoms with Crippen LogP contribution in [0.5, 0.6) is 0 Å². The van der Waals surface area contributed by atoms with Crippen LogP contribution >= 0.6 is 12.4 Å². The van der Waals surface area contributed by atoms with Crippen LogP contribution in [0.1, 0.15) is 56.6 Å². The lowest BCUT2D eigenvalue weighted by Gasteiger charge is -2.51. The second-order valence-corrected chi connectivity index (χ2v) is 12.2. The number of nitrogens with one attached hydrogen (secondary N) is 2. The number of amides is 3. The Balaban J connectivity index is 0.00000480. The number of carbonyl (C=O) groups excluding carboxylic acids is 3. The average molecular weight is 647 g/mol. The van der Waals surface area contributed by atoms with Crippen LogP contribution < -0.4 is 10.6 Å². The Morgan fingerprint density at radius 2 is 1.52 bits per heavy atom. The molecule has 1 atom stereocenters. The van der Waals surface area contributed by atoms with Gasteiger partial charge < -0.3 is 25.2 Å². The van der Waals surface area contributed by atoms with Crippen LogP contribution in [0.25, 0.3) is 11.1 Å². The van der Waals surface area contributed by atoms with Crippen LogP contribution in [0.2, 0.25) is 0 Å². The van der Waals surface area contributed by atoms with Gasteiger partial charge in [-0.3, -0.25) is 9.59 Å². The van der Waals surface area contributed by atoms with Gasteiger partial charge in [0.2, 0.25) is 11.8 Å². The topological polar surface area (TPSA) is 91.0 Å². The molecule has 8 nitrogen and oxygen atoms in total. The van der Waals surface area contributed by atoms with Crippen molar-refractivity contribution in [1.82, 2.24) is 20.4 Å². The molecule has 2 aliphatic heterocycles. The highest BCUT2D eigenvalue weighted by Crippen LogP contribution is 2.34. The molecule has 9 heteroatoms. The number of hydrogen-bond acceptors (Lipinski definition) is 5. The van der Waals surface area contributed by atoms with Crippen molar-refractivity contribution in [2.45, 2.75) is 70.1 Å². The number of unbranched alkanes of at least 4 members (excludes halogenated alkanes) is 1. The summed E-state index contributed by atoms with van der Waals surface area (Å²) in [5, 5.41) is 5.88. The number of carbonyl (C=O) groups is 3. The third kappa shape index (κ3) is 8.89. The van der Waals surface area contributed by atoms with Gasteiger partial charge in [0.05, 0.1) is 0 Å². The Bertz CT molecular complexity index is 1400. The van der Waals surface area contributed by atoms with Crippen LogP contribution in [-0.2, 0) is 27.4 Å². The third-order valence-electron chi connectivity index (χ3n) is 9.12. The van der Waals surface area contributed by atoms with E-state index in [-0.39, 0.29) is 30.8 Å². The van der Waals surface area contributed by atoms with E-state index in [2.05, 4.69) is 58.9 Å². The Kier molecular flexibility index (Phi) is 13.0. The molecule has 0 aromatic heterocycles. The van der Waals surface area contributed by atoms with Gasteiger partial charge in [0.1, 0.15) is 18.2 Å². The first-order valence-electron chi connectivity index (χ1n) is 16.4. The van der Waals surface area contributed by atoms with E-state index in [1.165, 1.54) is 5.56 Å². The van der Waals surface area contributed by atoms with Gasteiger partial charge in [-0.15, -0.1) is 12.4 Å². The summed E-state index contributed by atoms with van der Waals surface area (Å²) in [5.41, 5.74) is 3.74. The quantitative estimate of drug-likeness (QED) is 0.223. The molecule has 246 valence electrons. The maximum atomic E-state index is 13.6. The lowest BCUT2D eigenvalue weighted by Crippen LogP contribution is -2.72. The fourth-order valence-electron chi connectivity index (χ4n) is 6.48. The lowest BCUT2D eigenvalue weighted by molar-refractivity contribution is -0.161. The first-order chi connectivity index (χ1) is 22.0. The van der Waals surface area contributed by atoms with Gasteiger partial charge in [0.15, 0.2) is 0 Å². The standard InChI is InChI=1S/C37H46N4O4.ClH/c1-2-24-41-34(42)33(39-35(43)37(41)21-26-40(27-22-37)25-20-29-11-5-3-6-12-29)15-9-10-23-38-36(44)45-28-30-16-18-32(19-17-30)31-13-7-4-8-14-31;/h3-8,11-14,16-19,33H,2,9-10,15,20-28H2,1H3,(H,38,44)(H,39,43);1H/t33-;/m0./s1. The molecule has 0 unspecified atom stereocenters. The van der Waals surface area contributed by atoms with Gasteiger partial charge >= 0.3 is 6.09 Å². The van der Waals surface area contributed by atoms with E-state index in [0.29, 0.717) is 45.2 Å². The fourth-order valence-corrected chi connectivity index (χ4v) is 6.48. The highest BCUT2D eigenvalue weighted by molar-refractivity contribution is 6.00. The predicted octanol–water partition coefficient (Wildman–Crippen LogP) is 5.99. The molecular formula is C37H47ClN4O4. The maximum absolute atomic E-state index is 13.6. The van der Waals surface area contributed by atoms with Crippen LogP contribution in [0.15, 0.2) is 84.9 Å². The molecule has 5 rings (SSSR count). The van der Waals surface area contributed by atoms with E-state index in [1.54, 1.807) is 0 Å². The molecule has 3 aromatic rings. The maximum Gasteiger partial charge on any atom is 0.407 e. The average Bonchev–Trinajstić information content (AvgIpc) is 3.08. The molecule has 0 aliphatic carbocycles. The normalized spacial score (nSPS) is 17.7. The van der Waals surface area contributed by atoms with Crippen LogP contribution in [0, 0.1) is 0 Å². The summed E-state index contributed by atoms with van der Waals surface area (Å²) >= 11 is 0. The number of halogens is 1. The first kappa shape index (κ1) is 35.0. The largest absolute Gasteiger partial charge is 0.445 e. The highest BCUT2D eigenvalue weighted by Gasteiger charge is 2.52. The van der Waals surface area contributed by atoms with Crippen molar-refractivity contribution >= 4 is 30.3 Å². The molecule has 1 spiro atoms. The fraction of sp³-hybridized carbons (Fsp3) is 0.432. The van der Waals surface area contributed by atoms with Crippen molar-refractivity contribution in [3.63, 3.8) is 0 Å². The molecule has 3 amide bonds. The van der Waals surface area contributed by atoms with E-state index in [4.69, 9.17) is 4.74 Å². The van der Waals surface area contributed by atoms with Crippen molar-refractivity contribution in [2.75, 3.05) is 32.7 Å². The lowest BCUT2D eigenvalue weighted by atomic mass is 9.81. The number of rotatable bonds is 13. The summed E-state index contributed by atoms with van der Waals surface area (Å²) < 4.78 is 5.38. The number of alkyl carbamates (subject to hydrolysis) is 1. The minimum Gasteiger partial charge on any atom is -0.445 e. The van der Waals surface area contributed by atoms with Gasteiger partial charge in [-0.05, 0) is 67.2 Å². The summed E-state index contributed by atoms with van der Waals surface area (Å²) in [6.45, 7) is 5.86. The minimum atomic E-state index is -0.750. The van der Waals surface area contributed by atoms with Crippen molar-refractivity contribution in [3.05, 3.63) is 96.1 Å². The van der Waals surface area contributed by atoms with Gasteiger partial charge in [-0.2, -0.15) is 0 Å². The Morgan fingerprint density at radius 1 is 0.870 bits per heavy atom. The number of benzene rings is 3. The van der Waals surface area contributed by atoms with E-state index in [9.17, 15) is 14.4 Å². The molecule has 2 saturated heterocycles. The van der Waals surface area contributed by atoms with Gasteiger partial charge in [0.25, 0.3) is 0 Å². The summed E-state index contributed by atoms with van der Waals surface area (Å²) in [6, 6.07) is 28.1. The zero-order chi connectivity index (χ0) is 31.5. The van der Waals surface area contributed by atoms with Crippen LogP contribution in [0.4, 0.5) is 4.79 Å². The van der Waals surface area contributed by atoms with Gasteiger partial charge in [-0.25, -0.2) is 4.79 Å². The molecular weight excluding hydrogens is 600 g/mol. The van der Waals surface area contributed by atoms with Crippen molar-refractivity contribution in [2.24, 2.45) is 0 Å². The zero-order valence-corrected chi connectivity index (χ0v) is 27.6. The van der Waals surface area contributed by atoms with Crippen LogP contribution in [-0.4, -0.2) is 72.0 Å². The zero-order valence-electron chi connectivity index (χ0n) is 26.8. The second kappa shape index (κ2) is 17.2. The van der Waals surface area contributed by atoms with E-state index >= 15 is 0 Å². The molecule has 2 aliphatic rings. The Hall–Kier alpha value is -3.88. The Morgan fingerprint density at radius 3 is 2.20 bits per heavy atom. The number of ether oxygens (including phenoxy) is 1. The van der Waals surface area contributed by atoms with Crippen molar-refractivity contribution in [3.8, 4) is 11.1 Å². The van der Waals surface area contributed by atoms with E-state index in [1.807, 2.05) is 53.4 Å². The summed E-state index contributed by atoms with van der Waals surface area (Å²) in [7, 11) is 0. The molecule has 2 fully saturated rings. The number of hydrogen-bond donors (Lipinski definition) is 2. The number of piperidine rings is 1. The monoisotopic (exact) mass is 646 g/mol.